The van der Waals surface area contributed by atoms with Crippen molar-refractivity contribution in [2.45, 2.75) is 6.54 Å². The lowest BCUT2D eigenvalue weighted by Gasteiger charge is -2.02. The molecule has 3 aromatic rings. The molecule has 0 bridgehead atoms. The van der Waals surface area contributed by atoms with Gasteiger partial charge in [-0.15, -0.1) is 0 Å². The maximum absolute atomic E-state index is 9.10. The number of benzene rings is 1. The van der Waals surface area contributed by atoms with Gasteiger partial charge in [0.1, 0.15) is 6.07 Å². The minimum absolute atomic E-state index is 0.605. The van der Waals surface area contributed by atoms with E-state index in [1.807, 2.05) is 36.1 Å². The molecule has 2 aromatic heterocycles. The van der Waals surface area contributed by atoms with Crippen molar-refractivity contribution in [1.82, 2.24) is 19.3 Å². The van der Waals surface area contributed by atoms with Crippen molar-refractivity contribution in [1.29, 1.82) is 5.26 Å². The molecular formula is C13H11N5S. The van der Waals surface area contributed by atoms with Gasteiger partial charge in [-0.1, -0.05) is 6.07 Å². The number of nitriles is 1. The van der Waals surface area contributed by atoms with Crippen molar-refractivity contribution >= 4 is 23.3 Å². The van der Waals surface area contributed by atoms with E-state index in [0.717, 1.165) is 16.6 Å². The zero-order valence-corrected chi connectivity index (χ0v) is 11.1. The van der Waals surface area contributed by atoms with Crippen LogP contribution in [0.1, 0.15) is 11.1 Å². The fraction of sp³-hybridized carbons (Fsp3) is 0.154. The van der Waals surface area contributed by atoms with E-state index < -0.39 is 0 Å². The Morgan fingerprint density at radius 1 is 1.47 bits per heavy atom. The predicted octanol–water partition coefficient (Wildman–Crippen LogP) is 2.35. The van der Waals surface area contributed by atoms with Crippen LogP contribution in [0.5, 0.6) is 0 Å². The van der Waals surface area contributed by atoms with Crippen LogP contribution in [-0.4, -0.2) is 19.3 Å². The first-order valence-corrected chi connectivity index (χ1v) is 6.19. The van der Waals surface area contributed by atoms with Crippen molar-refractivity contribution < 1.29 is 0 Å². The Bertz CT molecular complexity index is 846. The third kappa shape index (κ3) is 1.94. The molecule has 0 aliphatic rings. The Morgan fingerprint density at radius 2 is 2.32 bits per heavy atom. The lowest BCUT2D eigenvalue weighted by atomic mass is 10.2. The summed E-state index contributed by atoms with van der Waals surface area (Å²) >= 11 is 5.34. The van der Waals surface area contributed by atoms with Crippen molar-refractivity contribution in [3.05, 3.63) is 46.5 Å². The Kier molecular flexibility index (Phi) is 2.69. The molecule has 1 N–H and O–H groups in total. The van der Waals surface area contributed by atoms with Crippen LogP contribution in [0, 0.1) is 16.1 Å². The molecule has 0 saturated carbocycles. The molecule has 94 valence electrons. The summed E-state index contributed by atoms with van der Waals surface area (Å²) in [7, 11) is 1.88. The smallest absolute Gasteiger partial charge is 0.178 e. The molecule has 19 heavy (non-hydrogen) atoms. The van der Waals surface area contributed by atoms with Gasteiger partial charge in [-0.3, -0.25) is 4.68 Å². The minimum Gasteiger partial charge on any atom is -0.329 e. The number of nitrogens with one attached hydrogen (secondary N) is 1. The number of para-hydroxylation sites is 1. The second-order valence-corrected chi connectivity index (χ2v) is 4.74. The van der Waals surface area contributed by atoms with Crippen molar-refractivity contribution in [2.24, 2.45) is 7.05 Å². The van der Waals surface area contributed by atoms with Gasteiger partial charge < -0.3 is 9.55 Å². The number of imidazole rings is 1. The Balaban J connectivity index is 2.17. The summed E-state index contributed by atoms with van der Waals surface area (Å²) in [5.74, 6) is 0. The third-order valence-electron chi connectivity index (χ3n) is 3.03. The Hall–Kier alpha value is -2.39. The molecule has 0 aliphatic heterocycles. The molecule has 0 aliphatic carbocycles. The molecule has 0 radical (unpaired) electrons. The summed E-state index contributed by atoms with van der Waals surface area (Å²) in [6, 6.07) is 7.77. The van der Waals surface area contributed by atoms with Crippen LogP contribution in [0.15, 0.2) is 30.6 Å². The predicted molar refractivity (Wildman–Crippen MR) is 74.1 cm³/mol. The van der Waals surface area contributed by atoms with Crippen LogP contribution in [0.2, 0.25) is 0 Å². The zero-order chi connectivity index (χ0) is 13.4. The standard InChI is InChI=1S/C13H11N5S/c1-17-7-9(6-15-17)8-18-11-4-2-3-10(5-14)12(11)16-13(18)19/h2-4,6-7H,8H2,1H3,(H,16,19). The van der Waals surface area contributed by atoms with E-state index >= 15 is 0 Å². The summed E-state index contributed by atoms with van der Waals surface area (Å²) in [4.78, 5) is 3.10. The van der Waals surface area contributed by atoms with Gasteiger partial charge in [-0.2, -0.15) is 10.4 Å². The summed E-state index contributed by atoms with van der Waals surface area (Å²) in [5.41, 5.74) is 3.40. The maximum atomic E-state index is 9.10. The highest BCUT2D eigenvalue weighted by molar-refractivity contribution is 7.71. The monoisotopic (exact) mass is 269 g/mol. The average Bonchev–Trinajstić information content (AvgIpc) is 2.94. The van der Waals surface area contributed by atoms with Crippen LogP contribution in [0.4, 0.5) is 0 Å². The molecule has 5 nitrogen and oxygen atoms in total. The highest BCUT2D eigenvalue weighted by Crippen LogP contribution is 2.19. The molecule has 0 spiro atoms. The number of rotatable bonds is 2. The quantitative estimate of drug-likeness (QED) is 0.726. The summed E-state index contributed by atoms with van der Waals surface area (Å²) in [6.07, 6.45) is 3.77. The maximum Gasteiger partial charge on any atom is 0.178 e. The van der Waals surface area contributed by atoms with Gasteiger partial charge in [0.25, 0.3) is 0 Å². The first kappa shape index (κ1) is 11.7. The number of aryl methyl sites for hydroxylation is 1. The van der Waals surface area contributed by atoms with E-state index in [9.17, 15) is 0 Å². The SMILES string of the molecule is Cn1cc(Cn2c(=S)[nH]c3c(C#N)cccc32)cn1. The average molecular weight is 269 g/mol. The molecule has 0 amide bonds. The van der Waals surface area contributed by atoms with Gasteiger partial charge in [0, 0.05) is 18.8 Å². The van der Waals surface area contributed by atoms with Gasteiger partial charge in [0.15, 0.2) is 4.77 Å². The summed E-state index contributed by atoms with van der Waals surface area (Å²) < 4.78 is 4.35. The number of H-pyrrole nitrogens is 1. The van der Waals surface area contributed by atoms with E-state index in [0.29, 0.717) is 16.9 Å². The zero-order valence-electron chi connectivity index (χ0n) is 10.3. The van der Waals surface area contributed by atoms with Crippen LogP contribution < -0.4 is 0 Å². The van der Waals surface area contributed by atoms with Gasteiger partial charge >= 0.3 is 0 Å². The number of fused-ring (bicyclic) bond motifs is 1. The summed E-state index contributed by atoms with van der Waals surface area (Å²) in [5, 5.41) is 13.2. The molecule has 2 heterocycles. The number of aromatic amines is 1. The lowest BCUT2D eigenvalue weighted by Crippen LogP contribution is -1.98. The van der Waals surface area contributed by atoms with Crippen LogP contribution in [-0.2, 0) is 13.6 Å². The molecule has 0 unspecified atom stereocenters. The molecule has 3 rings (SSSR count). The minimum atomic E-state index is 0.605. The fourth-order valence-electron chi connectivity index (χ4n) is 2.17. The summed E-state index contributed by atoms with van der Waals surface area (Å²) in [6.45, 7) is 0.640. The Morgan fingerprint density at radius 3 is 3.00 bits per heavy atom. The number of hydrogen-bond donors (Lipinski definition) is 1. The topological polar surface area (TPSA) is 62.3 Å². The largest absolute Gasteiger partial charge is 0.329 e. The Labute approximate surface area is 114 Å². The van der Waals surface area contributed by atoms with Crippen molar-refractivity contribution in [3.63, 3.8) is 0 Å². The molecular weight excluding hydrogens is 258 g/mol. The lowest BCUT2D eigenvalue weighted by molar-refractivity contribution is 0.763. The second-order valence-electron chi connectivity index (χ2n) is 4.35. The molecule has 0 saturated heterocycles. The third-order valence-corrected chi connectivity index (χ3v) is 3.35. The van der Waals surface area contributed by atoms with Gasteiger partial charge in [0.2, 0.25) is 0 Å². The highest BCUT2D eigenvalue weighted by atomic mass is 32.1. The van der Waals surface area contributed by atoms with E-state index in [2.05, 4.69) is 16.2 Å². The van der Waals surface area contributed by atoms with Gasteiger partial charge in [-0.25, -0.2) is 0 Å². The van der Waals surface area contributed by atoms with Gasteiger partial charge in [0.05, 0.1) is 29.3 Å². The molecule has 0 atom stereocenters. The number of aromatic nitrogens is 4. The normalized spacial score (nSPS) is 10.7. The molecule has 6 heteroatoms. The fourth-order valence-corrected chi connectivity index (χ4v) is 2.43. The van der Waals surface area contributed by atoms with Crippen molar-refractivity contribution in [3.8, 4) is 6.07 Å². The highest BCUT2D eigenvalue weighted by Gasteiger charge is 2.09. The first-order chi connectivity index (χ1) is 9.19. The number of nitrogens with zero attached hydrogens (tertiary/aromatic N) is 4. The number of hydrogen-bond acceptors (Lipinski definition) is 3. The van der Waals surface area contributed by atoms with Crippen LogP contribution in [0.3, 0.4) is 0 Å². The van der Waals surface area contributed by atoms with Gasteiger partial charge in [-0.05, 0) is 24.4 Å². The molecule has 1 aromatic carbocycles. The van der Waals surface area contributed by atoms with Crippen molar-refractivity contribution in [2.75, 3.05) is 0 Å². The first-order valence-electron chi connectivity index (χ1n) is 5.78. The van der Waals surface area contributed by atoms with Crippen LogP contribution in [0.25, 0.3) is 11.0 Å². The van der Waals surface area contributed by atoms with E-state index in [-0.39, 0.29) is 0 Å². The van der Waals surface area contributed by atoms with E-state index in [1.165, 1.54) is 0 Å². The van der Waals surface area contributed by atoms with Crippen LogP contribution >= 0.6 is 12.2 Å². The molecule has 0 fully saturated rings. The van der Waals surface area contributed by atoms with E-state index in [1.54, 1.807) is 10.7 Å². The second kappa shape index (κ2) is 4.37. The van der Waals surface area contributed by atoms with E-state index in [4.69, 9.17) is 17.5 Å².